The van der Waals surface area contributed by atoms with E-state index in [1.165, 1.54) is 32.1 Å². The van der Waals surface area contributed by atoms with Gasteiger partial charge in [0.15, 0.2) is 6.29 Å². The molecule has 3 N–H and O–H groups in total. The molecule has 0 saturated carbocycles. The Labute approximate surface area is 237 Å². The van der Waals surface area contributed by atoms with Crippen LogP contribution in [0.4, 0.5) is 10.5 Å². The Morgan fingerprint density at radius 1 is 0.800 bits per heavy atom. The summed E-state index contributed by atoms with van der Waals surface area (Å²) in [6, 6.07) is 25.3. The number of urea groups is 1. The summed E-state index contributed by atoms with van der Waals surface area (Å²) < 4.78 is 13.1. The average Bonchev–Trinajstić information content (AvgIpc) is 2.98. The molecule has 2 fully saturated rings. The van der Waals surface area contributed by atoms with Crippen molar-refractivity contribution in [3.63, 3.8) is 0 Å². The molecule has 7 heteroatoms. The number of hydrogen-bond acceptors (Lipinski definition) is 5. The van der Waals surface area contributed by atoms with E-state index in [0.29, 0.717) is 12.2 Å². The summed E-state index contributed by atoms with van der Waals surface area (Å²) in [6.07, 6.45) is 6.66. The zero-order valence-corrected chi connectivity index (χ0v) is 23.1. The van der Waals surface area contributed by atoms with Gasteiger partial charge in [-0.05, 0) is 54.8 Å². The zero-order chi connectivity index (χ0) is 27.6. The fourth-order valence-corrected chi connectivity index (χ4v) is 5.49. The Morgan fingerprint density at radius 2 is 1.48 bits per heavy atom. The smallest absolute Gasteiger partial charge is 0.319 e. The van der Waals surface area contributed by atoms with Gasteiger partial charge in [0.05, 0.1) is 18.8 Å². The predicted octanol–water partition coefficient (Wildman–Crippen LogP) is 6.31. The number of hydrogen-bond donors (Lipinski definition) is 3. The third-order valence-electron chi connectivity index (χ3n) is 7.76. The molecule has 2 saturated heterocycles. The van der Waals surface area contributed by atoms with Gasteiger partial charge in [0, 0.05) is 30.8 Å². The van der Waals surface area contributed by atoms with Crippen LogP contribution in [0.3, 0.4) is 0 Å². The summed E-state index contributed by atoms with van der Waals surface area (Å²) in [7, 11) is 0. The molecule has 0 spiro atoms. The average molecular weight is 544 g/mol. The number of benzene rings is 3. The minimum Gasteiger partial charge on any atom is -0.392 e. The van der Waals surface area contributed by atoms with Gasteiger partial charge >= 0.3 is 6.03 Å². The second-order valence-corrected chi connectivity index (χ2v) is 10.8. The van der Waals surface area contributed by atoms with Crippen molar-refractivity contribution in [3.05, 3.63) is 101 Å². The van der Waals surface area contributed by atoms with Crippen molar-refractivity contribution in [2.45, 2.75) is 70.2 Å². The summed E-state index contributed by atoms with van der Waals surface area (Å²) in [5.74, 6) is 0. The van der Waals surface area contributed by atoms with Crippen LogP contribution in [0.1, 0.15) is 73.2 Å². The lowest BCUT2D eigenvalue weighted by Crippen LogP contribution is -2.40. The monoisotopic (exact) mass is 543 g/mol. The molecule has 0 aromatic heterocycles. The number of anilines is 1. The quantitative estimate of drug-likeness (QED) is 0.310. The van der Waals surface area contributed by atoms with Gasteiger partial charge in [0.1, 0.15) is 0 Å². The predicted molar refractivity (Wildman–Crippen MR) is 157 cm³/mol. The molecule has 0 bridgehead atoms. The number of carbonyl (C=O) groups excluding carboxylic acids is 1. The number of aliphatic hydroxyl groups excluding tert-OH is 1. The van der Waals surface area contributed by atoms with Crippen LogP contribution >= 0.6 is 0 Å². The Balaban J connectivity index is 1.24. The zero-order valence-electron chi connectivity index (χ0n) is 23.1. The number of amides is 2. The number of nitrogens with one attached hydrogen (secondary N) is 2. The van der Waals surface area contributed by atoms with Crippen LogP contribution in [0.25, 0.3) is 0 Å². The highest BCUT2D eigenvalue weighted by atomic mass is 16.7. The topological polar surface area (TPSA) is 83.1 Å². The molecule has 0 unspecified atom stereocenters. The molecule has 7 nitrogen and oxygen atoms in total. The first-order valence-electron chi connectivity index (χ1n) is 14.6. The molecule has 0 radical (unpaired) electrons. The van der Waals surface area contributed by atoms with Crippen molar-refractivity contribution in [1.29, 1.82) is 0 Å². The number of aliphatic hydroxyl groups is 1. The number of nitrogens with zero attached hydrogens (tertiary/aromatic N) is 1. The van der Waals surface area contributed by atoms with Gasteiger partial charge in [-0.3, -0.25) is 0 Å². The molecule has 5 rings (SSSR count). The maximum absolute atomic E-state index is 12.4. The highest BCUT2D eigenvalue weighted by Crippen LogP contribution is 2.38. The van der Waals surface area contributed by atoms with Crippen molar-refractivity contribution >= 4 is 11.7 Å². The van der Waals surface area contributed by atoms with E-state index in [-0.39, 0.29) is 24.8 Å². The summed E-state index contributed by atoms with van der Waals surface area (Å²) in [5.41, 5.74) is 4.66. The summed E-state index contributed by atoms with van der Waals surface area (Å²) >= 11 is 0. The summed E-state index contributed by atoms with van der Waals surface area (Å²) in [6.45, 7) is 3.63. The van der Waals surface area contributed by atoms with E-state index in [4.69, 9.17) is 9.47 Å². The fourth-order valence-electron chi connectivity index (χ4n) is 5.49. The van der Waals surface area contributed by atoms with Crippen molar-refractivity contribution in [1.82, 2.24) is 10.2 Å². The van der Waals surface area contributed by atoms with Gasteiger partial charge in [-0.1, -0.05) is 86.0 Å². The minimum absolute atomic E-state index is 0.0276. The first-order valence-corrected chi connectivity index (χ1v) is 14.6. The van der Waals surface area contributed by atoms with Gasteiger partial charge < -0.3 is 30.1 Å². The van der Waals surface area contributed by atoms with E-state index in [9.17, 15) is 9.90 Å². The van der Waals surface area contributed by atoms with Gasteiger partial charge in [0.2, 0.25) is 0 Å². The molecule has 3 aromatic rings. The molecule has 40 heavy (non-hydrogen) atoms. The Kier molecular flexibility index (Phi) is 10.2. The standard InChI is InChI=1S/C33H41N3O4/c37-24-26-11-13-27(14-12-26)31-21-30(23-36-19-7-2-1-3-8-20-36)39-32(40-31)28-15-17-29(18-16-28)35-33(38)34-22-25-9-5-4-6-10-25/h4-6,9-18,30-32,37H,1-3,7-8,19-24H2,(H2,34,35,38)/t30-,31+,32+/m1/s1. The van der Waals surface area contributed by atoms with Crippen LogP contribution in [0.15, 0.2) is 78.9 Å². The van der Waals surface area contributed by atoms with Gasteiger partial charge in [-0.15, -0.1) is 0 Å². The highest BCUT2D eigenvalue weighted by molar-refractivity contribution is 5.89. The normalized spacial score (nSPS) is 22.2. The molecule has 0 aliphatic carbocycles. The number of rotatable bonds is 8. The third kappa shape index (κ3) is 8.15. The molecule has 2 amide bonds. The van der Waals surface area contributed by atoms with E-state index in [1.54, 1.807) is 0 Å². The minimum atomic E-state index is -0.503. The van der Waals surface area contributed by atoms with E-state index >= 15 is 0 Å². The summed E-state index contributed by atoms with van der Waals surface area (Å²) in [4.78, 5) is 15.0. The van der Waals surface area contributed by atoms with E-state index < -0.39 is 6.29 Å². The van der Waals surface area contributed by atoms with E-state index in [1.807, 2.05) is 78.9 Å². The van der Waals surface area contributed by atoms with Crippen LogP contribution < -0.4 is 10.6 Å². The lowest BCUT2D eigenvalue weighted by molar-refractivity contribution is -0.253. The van der Waals surface area contributed by atoms with Crippen LogP contribution in [0.5, 0.6) is 0 Å². The molecule has 3 atom stereocenters. The Hall–Kier alpha value is -3.23. The molecule has 3 aromatic carbocycles. The third-order valence-corrected chi connectivity index (χ3v) is 7.76. The van der Waals surface area contributed by atoms with Crippen LogP contribution in [0.2, 0.25) is 0 Å². The maximum Gasteiger partial charge on any atom is 0.319 e. The SMILES string of the molecule is O=C(NCc1ccccc1)Nc1ccc([C@H]2O[C@@H](CN3CCCCCCC3)C[C@@H](c3ccc(CO)cc3)O2)cc1. The lowest BCUT2D eigenvalue weighted by Gasteiger charge is -2.38. The second kappa shape index (κ2) is 14.4. The van der Waals surface area contributed by atoms with Crippen LogP contribution in [-0.2, 0) is 22.6 Å². The van der Waals surface area contributed by atoms with Crippen LogP contribution in [0, 0.1) is 0 Å². The van der Waals surface area contributed by atoms with Crippen molar-refractivity contribution in [3.8, 4) is 0 Å². The number of carbonyl (C=O) groups is 1. The number of ether oxygens (including phenoxy) is 2. The Bertz CT molecular complexity index is 1180. The van der Waals surface area contributed by atoms with Gasteiger partial charge in [-0.25, -0.2) is 4.79 Å². The van der Waals surface area contributed by atoms with Crippen molar-refractivity contribution in [2.75, 3.05) is 25.0 Å². The molecular weight excluding hydrogens is 502 g/mol. The molecule has 2 aliphatic heterocycles. The second-order valence-electron chi connectivity index (χ2n) is 10.8. The summed E-state index contributed by atoms with van der Waals surface area (Å²) in [5, 5.41) is 15.3. The van der Waals surface area contributed by atoms with Crippen LogP contribution in [-0.4, -0.2) is 41.8 Å². The van der Waals surface area contributed by atoms with Gasteiger partial charge in [-0.2, -0.15) is 0 Å². The molecule has 212 valence electrons. The largest absolute Gasteiger partial charge is 0.392 e. The number of likely N-dealkylation sites (tertiary alicyclic amines) is 1. The first-order chi connectivity index (χ1) is 19.7. The highest BCUT2D eigenvalue weighted by Gasteiger charge is 2.33. The molecule has 2 heterocycles. The molecular formula is C33H41N3O4. The van der Waals surface area contributed by atoms with Gasteiger partial charge in [0.25, 0.3) is 0 Å². The van der Waals surface area contributed by atoms with E-state index in [2.05, 4.69) is 15.5 Å². The van der Waals surface area contributed by atoms with E-state index in [0.717, 1.165) is 48.3 Å². The molecule has 2 aliphatic rings. The fraction of sp³-hybridized carbons (Fsp3) is 0.424. The van der Waals surface area contributed by atoms with Crippen molar-refractivity contribution in [2.24, 2.45) is 0 Å². The Morgan fingerprint density at radius 3 is 2.17 bits per heavy atom. The van der Waals surface area contributed by atoms with Crippen molar-refractivity contribution < 1.29 is 19.4 Å². The first kappa shape index (κ1) is 28.3. The lowest BCUT2D eigenvalue weighted by atomic mass is 9.99. The maximum atomic E-state index is 12.4.